The number of carbonyl (C=O) groups is 1. The van der Waals surface area contributed by atoms with Crippen molar-refractivity contribution in [2.24, 2.45) is 0 Å². The highest BCUT2D eigenvalue weighted by Gasteiger charge is 2.30. The fourth-order valence-corrected chi connectivity index (χ4v) is 3.70. The molecule has 27 heavy (non-hydrogen) atoms. The van der Waals surface area contributed by atoms with Crippen molar-refractivity contribution in [2.75, 3.05) is 26.2 Å². The molecule has 0 spiro atoms. The molecule has 1 saturated carbocycles. The third kappa shape index (κ3) is 4.03. The fourth-order valence-electron chi connectivity index (χ4n) is 3.37. The number of ether oxygens (including phenoxy) is 1. The van der Waals surface area contributed by atoms with Gasteiger partial charge in [0.05, 0.1) is 5.02 Å². The average molecular weight is 407 g/mol. The molecule has 6 nitrogen and oxygen atoms in total. The summed E-state index contributed by atoms with van der Waals surface area (Å²) < 4.78 is 5.61. The number of halogens is 2. The molecule has 1 aliphatic carbocycles. The van der Waals surface area contributed by atoms with Crippen LogP contribution in [0.15, 0.2) is 30.3 Å². The molecule has 1 aromatic carbocycles. The summed E-state index contributed by atoms with van der Waals surface area (Å²) in [6, 6.07) is 9.06. The maximum Gasteiger partial charge on any atom is 0.274 e. The van der Waals surface area contributed by atoms with Gasteiger partial charge in [0.25, 0.3) is 5.91 Å². The van der Waals surface area contributed by atoms with E-state index in [1.165, 1.54) is 19.3 Å². The Morgan fingerprint density at radius 2 is 1.81 bits per heavy atom. The summed E-state index contributed by atoms with van der Waals surface area (Å²) in [5, 5.41) is 8.73. The van der Waals surface area contributed by atoms with Crippen LogP contribution in [0.3, 0.4) is 0 Å². The molecular formula is C19H20Cl2N4O2. The van der Waals surface area contributed by atoms with Crippen LogP contribution in [-0.4, -0.2) is 58.1 Å². The van der Waals surface area contributed by atoms with E-state index in [0.29, 0.717) is 21.5 Å². The first-order valence-electron chi connectivity index (χ1n) is 9.11. The molecule has 1 aliphatic heterocycles. The quantitative estimate of drug-likeness (QED) is 0.770. The Morgan fingerprint density at radius 1 is 1.04 bits per heavy atom. The molecular weight excluding hydrogens is 387 g/mol. The first kappa shape index (κ1) is 18.5. The van der Waals surface area contributed by atoms with E-state index in [0.717, 1.165) is 32.2 Å². The van der Waals surface area contributed by atoms with Crippen LogP contribution in [-0.2, 0) is 0 Å². The second-order valence-electron chi connectivity index (χ2n) is 6.82. The van der Waals surface area contributed by atoms with Gasteiger partial charge in [0, 0.05) is 38.3 Å². The smallest absolute Gasteiger partial charge is 0.274 e. The van der Waals surface area contributed by atoms with Crippen LogP contribution in [0.4, 0.5) is 0 Å². The van der Waals surface area contributed by atoms with Gasteiger partial charge < -0.3 is 9.64 Å². The summed E-state index contributed by atoms with van der Waals surface area (Å²) in [6.45, 7) is 3.32. The number of benzene rings is 1. The molecule has 2 fully saturated rings. The summed E-state index contributed by atoms with van der Waals surface area (Å²) in [5.74, 6) is 0.554. The van der Waals surface area contributed by atoms with E-state index in [4.69, 9.17) is 27.9 Å². The van der Waals surface area contributed by atoms with Gasteiger partial charge in [-0.15, -0.1) is 10.2 Å². The standard InChI is InChI=1S/C19H20Cl2N4O2/c20-14-5-2-6-16(18(14)21)27-17-8-7-15(22-23-17)19(26)25-11-9-24(10-12-25)13-3-1-4-13/h2,5-8,13H,1,3-4,9-12H2. The van der Waals surface area contributed by atoms with E-state index in [-0.39, 0.29) is 11.8 Å². The predicted octanol–water partition coefficient (Wildman–Crippen LogP) is 3.89. The van der Waals surface area contributed by atoms with Gasteiger partial charge in [-0.05, 0) is 31.0 Å². The number of rotatable bonds is 4. The molecule has 1 amide bonds. The second-order valence-corrected chi connectivity index (χ2v) is 7.61. The van der Waals surface area contributed by atoms with Gasteiger partial charge in [-0.1, -0.05) is 35.7 Å². The zero-order valence-corrected chi connectivity index (χ0v) is 16.3. The normalized spacial score (nSPS) is 18.2. The van der Waals surface area contributed by atoms with Crippen LogP contribution in [0.5, 0.6) is 11.6 Å². The Hall–Kier alpha value is -1.89. The van der Waals surface area contributed by atoms with Gasteiger partial charge in [0.1, 0.15) is 10.8 Å². The lowest BCUT2D eigenvalue weighted by Gasteiger charge is -2.42. The van der Waals surface area contributed by atoms with Gasteiger partial charge in [-0.2, -0.15) is 0 Å². The molecule has 0 atom stereocenters. The Kier molecular flexibility index (Phi) is 5.48. The van der Waals surface area contributed by atoms with Gasteiger partial charge >= 0.3 is 0 Å². The molecule has 2 aliphatic rings. The Balaban J connectivity index is 1.37. The maximum absolute atomic E-state index is 12.7. The number of hydrogen-bond acceptors (Lipinski definition) is 5. The predicted molar refractivity (Wildman–Crippen MR) is 104 cm³/mol. The van der Waals surface area contributed by atoms with E-state index < -0.39 is 0 Å². The van der Waals surface area contributed by atoms with Gasteiger partial charge in [0.2, 0.25) is 5.88 Å². The van der Waals surface area contributed by atoms with Crippen LogP contribution in [0.1, 0.15) is 29.8 Å². The third-order valence-corrected chi connectivity index (χ3v) is 5.98. The SMILES string of the molecule is O=C(c1ccc(Oc2cccc(Cl)c2Cl)nn1)N1CCN(C2CCC2)CC1. The average Bonchev–Trinajstić information content (AvgIpc) is 2.65. The lowest BCUT2D eigenvalue weighted by atomic mass is 9.91. The highest BCUT2D eigenvalue weighted by molar-refractivity contribution is 6.42. The summed E-state index contributed by atoms with van der Waals surface area (Å²) in [4.78, 5) is 17.0. The minimum atomic E-state index is -0.0944. The van der Waals surface area contributed by atoms with Crippen molar-refractivity contribution in [3.63, 3.8) is 0 Å². The first-order chi connectivity index (χ1) is 13.1. The molecule has 4 rings (SSSR count). The third-order valence-electron chi connectivity index (χ3n) is 5.18. The van der Waals surface area contributed by atoms with Crippen molar-refractivity contribution in [2.45, 2.75) is 25.3 Å². The molecule has 0 radical (unpaired) electrons. The zero-order valence-electron chi connectivity index (χ0n) is 14.8. The number of aromatic nitrogens is 2. The first-order valence-corrected chi connectivity index (χ1v) is 9.86. The van der Waals surface area contributed by atoms with Crippen LogP contribution < -0.4 is 4.74 Å². The van der Waals surface area contributed by atoms with E-state index in [9.17, 15) is 4.79 Å². The van der Waals surface area contributed by atoms with E-state index in [1.54, 1.807) is 30.3 Å². The zero-order chi connectivity index (χ0) is 18.8. The van der Waals surface area contributed by atoms with Crippen molar-refractivity contribution in [3.8, 4) is 11.6 Å². The Morgan fingerprint density at radius 3 is 2.44 bits per heavy atom. The van der Waals surface area contributed by atoms with Gasteiger partial charge in [-0.25, -0.2) is 0 Å². The largest absolute Gasteiger partial charge is 0.436 e. The topological polar surface area (TPSA) is 58.6 Å². The van der Waals surface area contributed by atoms with Crippen molar-refractivity contribution < 1.29 is 9.53 Å². The second kappa shape index (κ2) is 8.00. The number of nitrogens with zero attached hydrogens (tertiary/aromatic N) is 4. The lowest BCUT2D eigenvalue weighted by Crippen LogP contribution is -2.53. The van der Waals surface area contributed by atoms with Crippen molar-refractivity contribution in [1.29, 1.82) is 0 Å². The van der Waals surface area contributed by atoms with E-state index >= 15 is 0 Å². The minimum Gasteiger partial charge on any atom is -0.436 e. The number of hydrogen-bond donors (Lipinski definition) is 0. The molecule has 2 aromatic rings. The van der Waals surface area contributed by atoms with Crippen LogP contribution >= 0.6 is 23.2 Å². The monoisotopic (exact) mass is 406 g/mol. The summed E-state index contributed by atoms with van der Waals surface area (Å²) in [5.41, 5.74) is 0.316. The van der Waals surface area contributed by atoms with E-state index in [1.807, 2.05) is 4.90 Å². The molecule has 142 valence electrons. The maximum atomic E-state index is 12.7. The molecule has 0 bridgehead atoms. The molecule has 8 heteroatoms. The highest BCUT2D eigenvalue weighted by Crippen LogP contribution is 2.33. The molecule has 0 N–H and O–H groups in total. The van der Waals surface area contributed by atoms with Crippen LogP contribution in [0, 0.1) is 0 Å². The Bertz CT molecular complexity index is 819. The number of piperazine rings is 1. The Labute approximate surface area is 168 Å². The molecule has 1 saturated heterocycles. The fraction of sp³-hybridized carbons (Fsp3) is 0.421. The molecule has 1 aromatic heterocycles. The summed E-state index contributed by atoms with van der Waals surface area (Å²) >= 11 is 12.1. The highest BCUT2D eigenvalue weighted by atomic mass is 35.5. The number of amides is 1. The van der Waals surface area contributed by atoms with E-state index in [2.05, 4.69) is 15.1 Å². The van der Waals surface area contributed by atoms with Crippen LogP contribution in [0.25, 0.3) is 0 Å². The molecule has 2 heterocycles. The van der Waals surface area contributed by atoms with Gasteiger partial charge in [0.15, 0.2) is 5.69 Å². The number of carbonyl (C=O) groups excluding carboxylic acids is 1. The van der Waals surface area contributed by atoms with Crippen LogP contribution in [0.2, 0.25) is 10.0 Å². The lowest BCUT2D eigenvalue weighted by molar-refractivity contribution is 0.0450. The van der Waals surface area contributed by atoms with Crippen molar-refractivity contribution in [1.82, 2.24) is 20.0 Å². The minimum absolute atomic E-state index is 0.0944. The van der Waals surface area contributed by atoms with Crippen molar-refractivity contribution in [3.05, 3.63) is 46.1 Å². The molecule has 0 unspecified atom stereocenters. The van der Waals surface area contributed by atoms with Gasteiger partial charge in [-0.3, -0.25) is 9.69 Å². The van der Waals surface area contributed by atoms with Crippen molar-refractivity contribution >= 4 is 29.1 Å². The summed E-state index contributed by atoms with van der Waals surface area (Å²) in [6.07, 6.45) is 3.91. The summed E-state index contributed by atoms with van der Waals surface area (Å²) in [7, 11) is 0.